The summed E-state index contributed by atoms with van der Waals surface area (Å²) in [6.07, 6.45) is 1.69. The zero-order valence-electron chi connectivity index (χ0n) is 17.6. The Morgan fingerprint density at radius 1 is 1.23 bits per heavy atom. The Morgan fingerprint density at radius 2 is 1.94 bits per heavy atom. The van der Waals surface area contributed by atoms with E-state index in [-0.39, 0.29) is 30.0 Å². The Labute approximate surface area is 180 Å². The van der Waals surface area contributed by atoms with Crippen LogP contribution in [0.15, 0.2) is 36.4 Å². The van der Waals surface area contributed by atoms with E-state index >= 15 is 0 Å². The molecule has 1 heterocycles. The second-order valence-electron chi connectivity index (χ2n) is 7.48. The van der Waals surface area contributed by atoms with Gasteiger partial charge in [-0.15, -0.1) is 0 Å². The summed E-state index contributed by atoms with van der Waals surface area (Å²) in [5.41, 5.74) is 2.50. The van der Waals surface area contributed by atoms with Gasteiger partial charge in [-0.25, -0.2) is 8.42 Å². The van der Waals surface area contributed by atoms with Gasteiger partial charge in [-0.1, -0.05) is 6.07 Å². The molecule has 0 N–H and O–H groups in total. The second-order valence-corrected chi connectivity index (χ2v) is 9.34. The highest BCUT2D eigenvalue weighted by atomic mass is 32.2. The van der Waals surface area contributed by atoms with Gasteiger partial charge in [0.15, 0.2) is 11.5 Å². The summed E-state index contributed by atoms with van der Waals surface area (Å²) in [5.74, 6) is -0.190. The largest absolute Gasteiger partial charge is 0.493 e. The average molecular weight is 454 g/mol. The van der Waals surface area contributed by atoms with Crippen molar-refractivity contribution >= 4 is 21.6 Å². The molecule has 7 nitrogen and oxygen atoms in total. The van der Waals surface area contributed by atoms with E-state index in [4.69, 9.17) is 4.74 Å². The van der Waals surface area contributed by atoms with E-state index in [0.717, 1.165) is 11.8 Å². The Hall–Kier alpha value is -2.88. The molecule has 1 aliphatic heterocycles. The van der Waals surface area contributed by atoms with Gasteiger partial charge >= 0.3 is 6.61 Å². The van der Waals surface area contributed by atoms with Crippen LogP contribution >= 0.6 is 0 Å². The van der Waals surface area contributed by atoms with E-state index in [1.807, 2.05) is 6.92 Å². The van der Waals surface area contributed by atoms with E-state index in [0.29, 0.717) is 23.2 Å². The van der Waals surface area contributed by atoms with Crippen molar-refractivity contribution < 1.29 is 31.5 Å². The van der Waals surface area contributed by atoms with E-state index in [9.17, 15) is 22.0 Å². The summed E-state index contributed by atoms with van der Waals surface area (Å²) in [7, 11) is -0.437. The summed E-state index contributed by atoms with van der Waals surface area (Å²) in [6.45, 7) is -0.929. The molecule has 0 saturated heterocycles. The Morgan fingerprint density at radius 3 is 2.55 bits per heavy atom. The molecule has 3 rings (SSSR count). The molecule has 0 saturated carbocycles. The molecule has 31 heavy (non-hydrogen) atoms. The maximum Gasteiger partial charge on any atom is 0.387 e. The second kappa shape index (κ2) is 8.70. The van der Waals surface area contributed by atoms with Gasteiger partial charge in [-0.05, 0) is 54.8 Å². The van der Waals surface area contributed by atoms with E-state index in [1.54, 1.807) is 31.3 Å². The third-order valence-electron chi connectivity index (χ3n) is 5.05. The number of amides is 1. The summed E-state index contributed by atoms with van der Waals surface area (Å²) in [4.78, 5) is 14.4. The number of anilines is 1. The topological polar surface area (TPSA) is 76.2 Å². The normalized spacial score (nSPS) is 15.7. The van der Waals surface area contributed by atoms with Crippen LogP contribution in [-0.4, -0.2) is 52.3 Å². The first kappa shape index (κ1) is 22.8. The van der Waals surface area contributed by atoms with Crippen molar-refractivity contribution in [3.8, 4) is 11.5 Å². The summed E-state index contributed by atoms with van der Waals surface area (Å²) >= 11 is 0. The lowest BCUT2D eigenvalue weighted by Gasteiger charge is -2.22. The molecule has 2 aromatic carbocycles. The summed E-state index contributed by atoms with van der Waals surface area (Å²) < 4.78 is 60.0. The molecule has 1 atom stereocenters. The number of fused-ring (bicyclic) bond motifs is 1. The quantitative estimate of drug-likeness (QED) is 0.642. The monoisotopic (exact) mass is 454 g/mol. The van der Waals surface area contributed by atoms with Crippen molar-refractivity contribution in [3.05, 3.63) is 53.1 Å². The number of methoxy groups -OCH3 is 1. The van der Waals surface area contributed by atoms with Crippen LogP contribution in [-0.2, 0) is 23.0 Å². The van der Waals surface area contributed by atoms with Gasteiger partial charge < -0.3 is 14.4 Å². The molecule has 0 bridgehead atoms. The highest BCUT2D eigenvalue weighted by molar-refractivity contribution is 7.92. The molecule has 168 valence electrons. The molecule has 0 fully saturated rings. The third-order valence-corrected chi connectivity index (χ3v) is 6.32. The number of benzene rings is 2. The maximum absolute atomic E-state index is 12.9. The maximum atomic E-state index is 12.9. The van der Waals surface area contributed by atoms with Crippen LogP contribution in [0.3, 0.4) is 0 Å². The van der Waals surface area contributed by atoms with Crippen molar-refractivity contribution in [1.29, 1.82) is 0 Å². The van der Waals surface area contributed by atoms with Crippen LogP contribution in [0.1, 0.15) is 28.4 Å². The van der Waals surface area contributed by atoms with Gasteiger partial charge in [0.2, 0.25) is 10.0 Å². The predicted molar refractivity (Wildman–Crippen MR) is 112 cm³/mol. The van der Waals surface area contributed by atoms with Gasteiger partial charge in [0.05, 0.1) is 19.1 Å². The minimum absolute atomic E-state index is 0.0848. The summed E-state index contributed by atoms with van der Waals surface area (Å²) in [5, 5.41) is 0. The Balaban J connectivity index is 1.78. The van der Waals surface area contributed by atoms with Gasteiger partial charge in [0.25, 0.3) is 5.91 Å². The number of alkyl halides is 2. The first-order valence-corrected chi connectivity index (χ1v) is 11.4. The van der Waals surface area contributed by atoms with E-state index < -0.39 is 16.6 Å². The number of nitrogens with zero attached hydrogens (tertiary/aromatic N) is 2. The van der Waals surface area contributed by atoms with Gasteiger partial charge in [0, 0.05) is 25.2 Å². The van der Waals surface area contributed by atoms with Crippen molar-refractivity contribution in [2.45, 2.75) is 32.5 Å². The number of halogens is 2. The minimum Gasteiger partial charge on any atom is -0.493 e. The van der Waals surface area contributed by atoms with Crippen LogP contribution in [0.2, 0.25) is 0 Å². The zero-order valence-corrected chi connectivity index (χ0v) is 18.4. The predicted octanol–water partition coefficient (Wildman–Crippen LogP) is 3.28. The van der Waals surface area contributed by atoms with Crippen molar-refractivity contribution in [1.82, 2.24) is 4.90 Å². The first-order chi connectivity index (χ1) is 14.5. The number of sulfonamides is 1. The number of carbonyl (C=O) groups excluding carboxylic acids is 1. The highest BCUT2D eigenvalue weighted by Crippen LogP contribution is 2.35. The smallest absolute Gasteiger partial charge is 0.387 e. The zero-order chi connectivity index (χ0) is 22.9. The fourth-order valence-corrected chi connectivity index (χ4v) is 5.07. The number of ether oxygens (including phenoxy) is 2. The first-order valence-electron chi connectivity index (χ1n) is 9.50. The molecule has 1 aliphatic rings. The third kappa shape index (κ3) is 4.90. The van der Waals surface area contributed by atoms with Crippen molar-refractivity contribution in [2.24, 2.45) is 0 Å². The summed E-state index contributed by atoms with van der Waals surface area (Å²) in [6, 6.07) is 9.25. The Bertz CT molecular complexity index is 1090. The molecular formula is C21H24F2N2O5S. The van der Waals surface area contributed by atoms with E-state index in [2.05, 4.69) is 4.74 Å². The molecule has 0 spiro atoms. The number of hydrogen-bond donors (Lipinski definition) is 0. The molecule has 2 aromatic rings. The fraction of sp³-hybridized carbons (Fsp3) is 0.381. The average Bonchev–Trinajstić information content (AvgIpc) is 3.03. The van der Waals surface area contributed by atoms with Crippen LogP contribution in [0, 0.1) is 0 Å². The fourth-order valence-electron chi connectivity index (χ4n) is 3.81. The van der Waals surface area contributed by atoms with Crippen LogP contribution in [0.4, 0.5) is 14.5 Å². The van der Waals surface area contributed by atoms with Gasteiger partial charge in [-0.3, -0.25) is 9.10 Å². The number of rotatable bonds is 7. The molecule has 0 unspecified atom stereocenters. The lowest BCUT2D eigenvalue weighted by molar-refractivity contribution is -0.0512. The SMILES string of the molecule is COc1cc(CN(C)C(=O)c2ccc3c(c2)C[C@@H](C)N3S(C)(=O)=O)ccc1OC(F)F. The molecular weight excluding hydrogens is 430 g/mol. The molecule has 1 amide bonds. The lowest BCUT2D eigenvalue weighted by atomic mass is 10.1. The molecule has 0 aliphatic carbocycles. The lowest BCUT2D eigenvalue weighted by Crippen LogP contribution is -2.34. The van der Waals surface area contributed by atoms with Crippen LogP contribution in [0.5, 0.6) is 11.5 Å². The van der Waals surface area contributed by atoms with Crippen molar-refractivity contribution in [2.75, 3.05) is 24.7 Å². The van der Waals surface area contributed by atoms with E-state index in [1.165, 1.54) is 28.4 Å². The van der Waals surface area contributed by atoms with Crippen LogP contribution in [0.25, 0.3) is 0 Å². The highest BCUT2D eigenvalue weighted by Gasteiger charge is 2.33. The molecule has 0 radical (unpaired) electrons. The van der Waals surface area contributed by atoms with Gasteiger partial charge in [-0.2, -0.15) is 8.78 Å². The number of hydrogen-bond acceptors (Lipinski definition) is 5. The van der Waals surface area contributed by atoms with Crippen LogP contribution < -0.4 is 13.8 Å². The molecule has 10 heteroatoms. The van der Waals surface area contributed by atoms with Crippen molar-refractivity contribution in [3.63, 3.8) is 0 Å². The molecule has 0 aromatic heterocycles. The van der Waals surface area contributed by atoms with Gasteiger partial charge in [0.1, 0.15) is 0 Å². The number of carbonyl (C=O) groups is 1. The Kier molecular flexibility index (Phi) is 6.40. The standard InChI is InChI=1S/C21H24F2N2O5S/c1-13-9-16-11-15(6-7-17(16)25(13)31(4,27)28)20(26)24(2)12-14-5-8-18(30-21(22)23)19(10-14)29-3/h5-8,10-11,13,21H,9,12H2,1-4H3/t13-/m1/s1. The minimum atomic E-state index is -3.40.